The summed E-state index contributed by atoms with van der Waals surface area (Å²) in [5, 5.41) is 12.5. The first-order valence-corrected chi connectivity index (χ1v) is 17.7. The normalized spacial score (nSPS) is 28.0. The van der Waals surface area contributed by atoms with Gasteiger partial charge in [0.05, 0.1) is 29.8 Å². The number of hydrogen-bond donors (Lipinski definition) is 2. The van der Waals surface area contributed by atoms with Gasteiger partial charge in [-0.1, -0.05) is 42.0 Å². The summed E-state index contributed by atoms with van der Waals surface area (Å²) in [6.45, 7) is -0.114. The minimum atomic E-state index is -2.05. The number of nitrogens with one attached hydrogen (secondary N) is 1. The molecule has 0 unspecified atom stereocenters. The number of carbonyl (C=O) groups excluding carboxylic acids is 4. The number of aliphatic hydroxyl groups is 1. The third kappa shape index (κ3) is 5.15. The van der Waals surface area contributed by atoms with E-state index < -0.39 is 57.0 Å². The van der Waals surface area contributed by atoms with Gasteiger partial charge in [0.1, 0.15) is 18.2 Å². The molecule has 0 spiro atoms. The fraction of sp³-hybridized carbons (Fsp3) is 0.250. The molecule has 4 amide bonds. The number of rotatable bonds is 8. The Bertz CT molecular complexity index is 2110. The van der Waals surface area contributed by atoms with Crippen LogP contribution in [0.3, 0.4) is 0 Å². The molecule has 2 N–H and O–H groups in total. The van der Waals surface area contributed by atoms with Crippen LogP contribution in [0.1, 0.15) is 24.3 Å². The molecule has 4 aromatic rings. The highest BCUT2D eigenvalue weighted by Crippen LogP contribution is 2.66. The van der Waals surface area contributed by atoms with E-state index in [1.807, 2.05) is 36.4 Å². The summed E-state index contributed by atoms with van der Waals surface area (Å²) in [4.78, 5) is 55.5. The van der Waals surface area contributed by atoms with E-state index in [0.717, 1.165) is 28.4 Å². The molecule has 6 atom stereocenters. The number of benzene rings is 4. The predicted molar refractivity (Wildman–Crippen MR) is 194 cm³/mol. The predicted octanol–water partition coefficient (Wildman–Crippen LogP) is 6.71. The van der Waals surface area contributed by atoms with Gasteiger partial charge >= 0.3 is 0 Å². The van der Waals surface area contributed by atoms with Crippen molar-refractivity contribution in [3.8, 4) is 5.75 Å². The molecule has 3 fully saturated rings. The Morgan fingerprint density at radius 1 is 0.769 bits per heavy atom. The molecule has 2 aliphatic heterocycles. The van der Waals surface area contributed by atoms with Crippen molar-refractivity contribution in [3.63, 3.8) is 0 Å². The van der Waals surface area contributed by atoms with Crippen LogP contribution < -0.4 is 19.9 Å². The highest BCUT2D eigenvalue weighted by atomic mass is 35.5. The first-order chi connectivity index (χ1) is 25.1. The van der Waals surface area contributed by atoms with Crippen molar-refractivity contribution in [1.82, 2.24) is 0 Å². The van der Waals surface area contributed by atoms with E-state index in [4.69, 9.17) is 27.9 Å². The Morgan fingerprint density at radius 3 is 2.08 bits per heavy atom. The van der Waals surface area contributed by atoms with Crippen LogP contribution in [0.15, 0.2) is 115 Å². The first-order valence-electron chi connectivity index (χ1n) is 16.9. The van der Waals surface area contributed by atoms with Gasteiger partial charge in [-0.05, 0) is 97.1 Å². The molecule has 2 saturated heterocycles. The number of halogens is 3. The van der Waals surface area contributed by atoms with E-state index in [2.05, 4.69) is 5.32 Å². The highest BCUT2D eigenvalue weighted by Gasteiger charge is 2.76. The number of hydrogen-bond acceptors (Lipinski definition) is 7. The molecule has 12 heteroatoms. The van der Waals surface area contributed by atoms with Gasteiger partial charge in [0.2, 0.25) is 11.8 Å². The third-order valence-corrected chi connectivity index (χ3v) is 12.1. The monoisotopic (exact) mass is 739 g/mol. The van der Waals surface area contributed by atoms with Crippen LogP contribution in [0.5, 0.6) is 5.75 Å². The smallest absolute Gasteiger partial charge is 0.258 e. The van der Waals surface area contributed by atoms with E-state index in [-0.39, 0.29) is 37.6 Å². The molecule has 52 heavy (non-hydrogen) atoms. The lowest BCUT2D eigenvalue weighted by Gasteiger charge is -2.50. The summed E-state index contributed by atoms with van der Waals surface area (Å²) in [6, 6.07) is 28.3. The number of alkyl halides is 2. The zero-order valence-corrected chi connectivity index (χ0v) is 29.1. The van der Waals surface area contributed by atoms with Crippen molar-refractivity contribution in [1.29, 1.82) is 0 Å². The molecular weight excluding hydrogens is 708 g/mol. The summed E-state index contributed by atoms with van der Waals surface area (Å²) < 4.78 is 19.5. The summed E-state index contributed by atoms with van der Waals surface area (Å²) in [5.74, 6) is -5.73. The summed E-state index contributed by atoms with van der Waals surface area (Å²) in [6.07, 6.45) is 1.90. The van der Waals surface area contributed by atoms with E-state index in [0.29, 0.717) is 22.6 Å². The van der Waals surface area contributed by atoms with Gasteiger partial charge in [-0.15, -0.1) is 23.2 Å². The van der Waals surface area contributed by atoms with Gasteiger partial charge in [-0.3, -0.25) is 24.1 Å². The second kappa shape index (κ2) is 12.9. The first kappa shape index (κ1) is 34.1. The summed E-state index contributed by atoms with van der Waals surface area (Å²) in [7, 11) is 0. The number of aliphatic hydroxyl groups excluding tert-OH is 1. The van der Waals surface area contributed by atoms with Gasteiger partial charge < -0.3 is 15.2 Å². The van der Waals surface area contributed by atoms with E-state index in [1.165, 1.54) is 17.0 Å². The molecular formula is C40H32Cl2FN3O6. The van der Waals surface area contributed by atoms with Gasteiger partial charge in [-0.25, -0.2) is 9.29 Å². The molecule has 8 rings (SSSR count). The zero-order chi connectivity index (χ0) is 36.4. The molecule has 4 aliphatic rings. The molecule has 9 nitrogen and oxygen atoms in total. The molecule has 2 heterocycles. The maximum Gasteiger partial charge on any atom is 0.258 e. The number of imide groups is 2. The van der Waals surface area contributed by atoms with Gasteiger partial charge in [0.25, 0.3) is 11.8 Å². The Labute approximate surface area is 308 Å². The Morgan fingerprint density at radius 2 is 1.40 bits per heavy atom. The van der Waals surface area contributed by atoms with Crippen LogP contribution in [0.2, 0.25) is 0 Å². The fourth-order valence-corrected chi connectivity index (χ4v) is 9.26. The van der Waals surface area contributed by atoms with Crippen LogP contribution in [0.4, 0.5) is 27.1 Å². The number of fused-ring (bicyclic) bond motifs is 4. The van der Waals surface area contributed by atoms with Crippen LogP contribution in [0.25, 0.3) is 0 Å². The maximum absolute atomic E-state index is 14.5. The van der Waals surface area contributed by atoms with Crippen LogP contribution >= 0.6 is 23.2 Å². The Kier molecular flexibility index (Phi) is 8.44. The molecule has 1 saturated carbocycles. The molecule has 2 aliphatic carbocycles. The van der Waals surface area contributed by atoms with Crippen molar-refractivity contribution in [2.75, 3.05) is 28.3 Å². The van der Waals surface area contributed by atoms with Gasteiger partial charge in [0, 0.05) is 17.3 Å². The van der Waals surface area contributed by atoms with Gasteiger partial charge in [0.15, 0.2) is 9.75 Å². The molecule has 0 bridgehead atoms. The third-order valence-electron chi connectivity index (χ3n) is 10.7. The zero-order valence-electron chi connectivity index (χ0n) is 27.5. The number of amides is 4. The Hall–Kier alpha value is -5.03. The SMILES string of the molecule is O=C1[C@H]2[C@H](CC=C3[C@H]2C[C@@]2(Cl)C(=O)N(c4ccc(F)cc4)C(=O)[C@@]2(Cl)[C@H]3c2ccc(OCCO)cc2)C(=O)N1c1ccc(Nc2ccccc2)cc1. The molecule has 264 valence electrons. The second-order valence-electron chi connectivity index (χ2n) is 13.4. The average molecular weight is 741 g/mol. The van der Waals surface area contributed by atoms with Crippen molar-refractivity contribution in [2.45, 2.75) is 28.5 Å². The quantitative estimate of drug-likeness (QED) is 0.117. The van der Waals surface area contributed by atoms with Crippen LogP contribution in [-0.2, 0) is 19.2 Å². The maximum atomic E-state index is 14.5. The van der Waals surface area contributed by atoms with Crippen molar-refractivity contribution < 1.29 is 33.4 Å². The van der Waals surface area contributed by atoms with Crippen LogP contribution in [-0.4, -0.2) is 51.7 Å². The minimum absolute atomic E-state index is 0.0713. The fourth-order valence-electron chi connectivity index (χ4n) is 8.33. The van der Waals surface area contributed by atoms with E-state index in [9.17, 15) is 28.7 Å². The summed E-state index contributed by atoms with van der Waals surface area (Å²) >= 11 is 14.9. The Balaban J connectivity index is 1.18. The standard InChI is InChI=1S/C40H32Cl2FN3O6/c41-39-22-32-30(18-19-31-33(32)36(49)45(35(31)48)27-14-10-26(11-15-27)44-25-4-2-1-3-5-25)34(23-6-16-29(17-7-23)52-21-20-47)40(39,42)38(51)46(37(39)50)28-12-8-24(43)9-13-28/h1-18,31-34,44,47H,19-22H2/t31-,32+,33-,34-,39+,40-/m0/s1. The minimum Gasteiger partial charge on any atom is -0.491 e. The molecule has 4 aromatic carbocycles. The molecule has 0 radical (unpaired) electrons. The lowest BCUT2D eigenvalue weighted by Crippen LogP contribution is -2.60. The van der Waals surface area contributed by atoms with Crippen molar-refractivity contribution in [2.24, 2.45) is 17.8 Å². The number of nitrogens with zero attached hydrogens (tertiary/aromatic N) is 2. The summed E-state index contributed by atoms with van der Waals surface area (Å²) in [5.41, 5.74) is 3.37. The second-order valence-corrected chi connectivity index (χ2v) is 14.7. The van der Waals surface area contributed by atoms with E-state index >= 15 is 0 Å². The number of para-hydroxylation sites is 1. The molecule has 0 aromatic heterocycles. The average Bonchev–Trinajstić information content (AvgIpc) is 3.49. The topological polar surface area (TPSA) is 116 Å². The lowest BCUT2D eigenvalue weighted by molar-refractivity contribution is -0.125. The van der Waals surface area contributed by atoms with Crippen LogP contribution in [0, 0.1) is 23.6 Å². The van der Waals surface area contributed by atoms with Crippen molar-refractivity contribution in [3.05, 3.63) is 126 Å². The highest BCUT2D eigenvalue weighted by molar-refractivity contribution is 6.58. The number of anilines is 4. The number of carbonyl (C=O) groups is 4. The lowest BCUT2D eigenvalue weighted by atomic mass is 9.56. The number of allylic oxidation sites excluding steroid dienone is 2. The van der Waals surface area contributed by atoms with Crippen molar-refractivity contribution >= 4 is 69.6 Å². The number of ether oxygens (including phenoxy) is 1. The largest absolute Gasteiger partial charge is 0.491 e. The van der Waals surface area contributed by atoms with Gasteiger partial charge in [-0.2, -0.15) is 0 Å². The van der Waals surface area contributed by atoms with E-state index in [1.54, 1.807) is 48.5 Å².